The summed E-state index contributed by atoms with van der Waals surface area (Å²) in [7, 11) is -2.76. The van der Waals surface area contributed by atoms with E-state index in [1.54, 1.807) is 11.8 Å². The Morgan fingerprint density at radius 1 is 1.54 bits per heavy atom. The Bertz CT molecular complexity index is 233. The quantitative estimate of drug-likeness (QED) is 0.690. The van der Waals surface area contributed by atoms with Crippen LogP contribution in [0.4, 0.5) is 0 Å². The van der Waals surface area contributed by atoms with Gasteiger partial charge in [0.1, 0.15) is 9.84 Å². The summed E-state index contributed by atoms with van der Waals surface area (Å²) in [4.78, 5) is 0. The SMILES string of the molecule is CS(=O)(=O)CCSCC1CCCN1. The number of rotatable bonds is 5. The number of nitrogens with one attached hydrogen (secondary N) is 1. The van der Waals surface area contributed by atoms with Gasteiger partial charge in [0.25, 0.3) is 0 Å². The molecule has 1 fully saturated rings. The van der Waals surface area contributed by atoms with Crippen molar-refractivity contribution in [1.82, 2.24) is 5.32 Å². The highest BCUT2D eigenvalue weighted by molar-refractivity contribution is 8.00. The molecule has 0 amide bonds. The van der Waals surface area contributed by atoms with E-state index in [2.05, 4.69) is 5.32 Å². The fourth-order valence-electron chi connectivity index (χ4n) is 1.33. The van der Waals surface area contributed by atoms with Gasteiger partial charge in [-0.05, 0) is 19.4 Å². The zero-order valence-electron chi connectivity index (χ0n) is 7.95. The lowest BCUT2D eigenvalue weighted by molar-refractivity contribution is 0.603. The lowest BCUT2D eigenvalue weighted by atomic mass is 10.3. The monoisotopic (exact) mass is 223 g/mol. The Morgan fingerprint density at radius 2 is 2.31 bits per heavy atom. The normalized spacial score (nSPS) is 23.6. The molecule has 0 spiro atoms. The van der Waals surface area contributed by atoms with Gasteiger partial charge < -0.3 is 5.32 Å². The van der Waals surface area contributed by atoms with Crippen LogP contribution in [0.1, 0.15) is 12.8 Å². The second kappa shape index (κ2) is 5.22. The van der Waals surface area contributed by atoms with Crippen LogP contribution in [0.3, 0.4) is 0 Å². The van der Waals surface area contributed by atoms with E-state index in [4.69, 9.17) is 0 Å². The van der Waals surface area contributed by atoms with Crippen LogP contribution in [0, 0.1) is 0 Å². The lowest BCUT2D eigenvalue weighted by Gasteiger charge is -2.08. The summed E-state index contributed by atoms with van der Waals surface area (Å²) in [6.07, 6.45) is 3.80. The van der Waals surface area contributed by atoms with Crippen LogP contribution < -0.4 is 5.32 Å². The molecule has 0 aliphatic carbocycles. The van der Waals surface area contributed by atoms with E-state index in [0.29, 0.717) is 11.8 Å². The third kappa shape index (κ3) is 5.54. The third-order valence-electron chi connectivity index (χ3n) is 2.08. The van der Waals surface area contributed by atoms with Crippen molar-refractivity contribution >= 4 is 21.6 Å². The molecule has 1 unspecified atom stereocenters. The van der Waals surface area contributed by atoms with Crippen LogP contribution in [0.15, 0.2) is 0 Å². The van der Waals surface area contributed by atoms with Gasteiger partial charge in [-0.25, -0.2) is 8.42 Å². The molecule has 1 N–H and O–H groups in total. The van der Waals surface area contributed by atoms with Crippen LogP contribution in [0.5, 0.6) is 0 Å². The van der Waals surface area contributed by atoms with Gasteiger partial charge in [0, 0.05) is 23.8 Å². The predicted molar refractivity (Wildman–Crippen MR) is 58.1 cm³/mol. The first-order valence-corrected chi connectivity index (χ1v) is 7.78. The van der Waals surface area contributed by atoms with Crippen molar-refractivity contribution in [3.05, 3.63) is 0 Å². The zero-order valence-corrected chi connectivity index (χ0v) is 9.59. The van der Waals surface area contributed by atoms with Crippen molar-refractivity contribution in [3.8, 4) is 0 Å². The average molecular weight is 223 g/mol. The standard InChI is InChI=1S/C8H17NO2S2/c1-13(10,11)6-5-12-7-8-3-2-4-9-8/h8-9H,2-7H2,1H3. The van der Waals surface area contributed by atoms with Gasteiger partial charge in [0.2, 0.25) is 0 Å². The average Bonchev–Trinajstić information content (AvgIpc) is 2.48. The van der Waals surface area contributed by atoms with Crippen LogP contribution in [0.25, 0.3) is 0 Å². The van der Waals surface area contributed by atoms with Crippen molar-refractivity contribution in [2.24, 2.45) is 0 Å². The molecule has 0 aromatic heterocycles. The van der Waals surface area contributed by atoms with Gasteiger partial charge in [-0.3, -0.25) is 0 Å². The Morgan fingerprint density at radius 3 is 2.85 bits per heavy atom. The molecule has 0 aromatic carbocycles. The highest BCUT2D eigenvalue weighted by Gasteiger charge is 2.13. The minimum Gasteiger partial charge on any atom is -0.313 e. The summed E-state index contributed by atoms with van der Waals surface area (Å²) in [5.41, 5.74) is 0. The van der Waals surface area contributed by atoms with E-state index in [1.165, 1.54) is 19.1 Å². The maximum atomic E-state index is 10.8. The second-order valence-electron chi connectivity index (χ2n) is 3.50. The minimum atomic E-state index is -2.76. The van der Waals surface area contributed by atoms with E-state index < -0.39 is 9.84 Å². The largest absolute Gasteiger partial charge is 0.313 e. The van der Waals surface area contributed by atoms with Crippen LogP contribution in [-0.2, 0) is 9.84 Å². The fraction of sp³-hybridized carbons (Fsp3) is 1.00. The maximum absolute atomic E-state index is 10.8. The van der Waals surface area contributed by atoms with Gasteiger partial charge in [0.05, 0.1) is 5.75 Å². The highest BCUT2D eigenvalue weighted by atomic mass is 32.2. The van der Waals surface area contributed by atoms with Gasteiger partial charge in [-0.1, -0.05) is 0 Å². The molecule has 1 aliphatic rings. The molecule has 78 valence electrons. The molecule has 1 saturated heterocycles. The molecule has 1 heterocycles. The van der Waals surface area contributed by atoms with Crippen molar-refractivity contribution in [2.75, 3.05) is 30.1 Å². The van der Waals surface area contributed by atoms with Gasteiger partial charge in [-0.15, -0.1) is 0 Å². The summed E-state index contributed by atoms with van der Waals surface area (Å²) in [6, 6.07) is 0.615. The van der Waals surface area contributed by atoms with E-state index in [9.17, 15) is 8.42 Å². The minimum absolute atomic E-state index is 0.310. The molecule has 1 rings (SSSR count). The van der Waals surface area contributed by atoms with Crippen molar-refractivity contribution in [2.45, 2.75) is 18.9 Å². The Kier molecular flexibility index (Phi) is 4.55. The molecular weight excluding hydrogens is 206 g/mol. The van der Waals surface area contributed by atoms with E-state index >= 15 is 0 Å². The molecule has 0 saturated carbocycles. The smallest absolute Gasteiger partial charge is 0.148 e. The molecule has 0 radical (unpaired) electrons. The Balaban J connectivity index is 2.01. The Labute approximate surface area is 84.6 Å². The van der Waals surface area contributed by atoms with Gasteiger partial charge >= 0.3 is 0 Å². The first-order valence-electron chi connectivity index (χ1n) is 4.57. The third-order valence-corrected chi connectivity index (χ3v) is 4.41. The van der Waals surface area contributed by atoms with Gasteiger partial charge in [-0.2, -0.15) is 11.8 Å². The number of thioether (sulfide) groups is 1. The molecule has 3 nitrogen and oxygen atoms in total. The topological polar surface area (TPSA) is 46.2 Å². The summed E-state index contributed by atoms with van der Waals surface area (Å²) in [5.74, 6) is 2.09. The van der Waals surface area contributed by atoms with Crippen LogP contribution in [0.2, 0.25) is 0 Å². The summed E-state index contributed by atoms with van der Waals surface area (Å²) < 4.78 is 21.6. The molecule has 1 aliphatic heterocycles. The van der Waals surface area contributed by atoms with Crippen LogP contribution in [-0.4, -0.2) is 44.5 Å². The first-order chi connectivity index (χ1) is 6.08. The number of hydrogen-bond donors (Lipinski definition) is 1. The molecule has 1 atom stereocenters. The fourth-order valence-corrected chi connectivity index (χ4v) is 3.75. The summed E-state index contributed by atoms with van der Waals surface area (Å²) >= 11 is 1.74. The van der Waals surface area contributed by atoms with Crippen molar-refractivity contribution in [1.29, 1.82) is 0 Å². The van der Waals surface area contributed by atoms with E-state index in [1.807, 2.05) is 0 Å². The number of hydrogen-bond acceptors (Lipinski definition) is 4. The van der Waals surface area contributed by atoms with Crippen LogP contribution >= 0.6 is 11.8 Å². The summed E-state index contributed by atoms with van der Waals surface area (Å²) in [6.45, 7) is 1.12. The van der Waals surface area contributed by atoms with Crippen molar-refractivity contribution in [3.63, 3.8) is 0 Å². The molecule has 5 heteroatoms. The molecule has 0 bridgehead atoms. The first kappa shape index (κ1) is 11.3. The highest BCUT2D eigenvalue weighted by Crippen LogP contribution is 2.11. The molecule has 0 aromatic rings. The predicted octanol–water partition coefficient (Wildman–Crippen LogP) is 0.516. The molecular formula is C8H17NO2S2. The zero-order chi connectivity index (χ0) is 9.73. The lowest BCUT2D eigenvalue weighted by Crippen LogP contribution is -2.24. The van der Waals surface area contributed by atoms with Gasteiger partial charge in [0.15, 0.2) is 0 Å². The number of sulfone groups is 1. The second-order valence-corrected chi connectivity index (χ2v) is 6.91. The maximum Gasteiger partial charge on any atom is 0.148 e. The van der Waals surface area contributed by atoms with Crippen molar-refractivity contribution < 1.29 is 8.42 Å². The summed E-state index contributed by atoms with van der Waals surface area (Å²) in [5, 5.41) is 3.38. The molecule has 13 heavy (non-hydrogen) atoms. The van der Waals surface area contributed by atoms with E-state index in [0.717, 1.165) is 18.1 Å². The van der Waals surface area contributed by atoms with E-state index in [-0.39, 0.29) is 0 Å². The Hall–Kier alpha value is 0.260.